The molecule has 0 saturated heterocycles. The summed E-state index contributed by atoms with van der Waals surface area (Å²) in [6, 6.07) is 14.7. The highest BCUT2D eigenvalue weighted by atomic mass is 19.1. The molecule has 0 aliphatic rings. The molecule has 3 aromatic rings. The van der Waals surface area contributed by atoms with E-state index in [1.807, 2.05) is 37.3 Å². The van der Waals surface area contributed by atoms with Gasteiger partial charge in [0, 0.05) is 24.2 Å². The Morgan fingerprint density at radius 3 is 2.48 bits per heavy atom. The zero-order valence-corrected chi connectivity index (χ0v) is 13.8. The van der Waals surface area contributed by atoms with Crippen molar-refractivity contribution >= 4 is 17.5 Å². The third-order valence-electron chi connectivity index (χ3n) is 3.52. The molecule has 3 rings (SSSR count). The lowest BCUT2D eigenvalue weighted by Crippen LogP contribution is -2.07. The predicted molar refractivity (Wildman–Crippen MR) is 95.9 cm³/mol. The average Bonchev–Trinajstić information content (AvgIpc) is 2.63. The molecule has 1 heterocycles. The molecule has 6 heteroatoms. The average molecular weight is 340 g/mol. The lowest BCUT2D eigenvalue weighted by atomic mass is 10.1. The van der Waals surface area contributed by atoms with Gasteiger partial charge in [0.1, 0.15) is 17.5 Å². The fourth-order valence-corrected chi connectivity index (χ4v) is 2.31. The van der Waals surface area contributed by atoms with Gasteiger partial charge in [-0.05, 0) is 18.6 Å². The van der Waals surface area contributed by atoms with Crippen molar-refractivity contribution in [1.82, 2.24) is 9.97 Å². The Morgan fingerprint density at radius 1 is 0.960 bits per heavy atom. The highest BCUT2D eigenvalue weighted by molar-refractivity contribution is 5.67. The fraction of sp³-hybridized carbons (Fsp3) is 0.158. The standard InChI is InChI=1S/C19H18F2N4/c1-2-10-22-19-24-17(13-6-4-3-5-7-13)12-18(25-19)23-16-9-8-14(20)11-15(16)21/h3-9,11-12H,2,10H2,1H3,(H2,22,23,24,25). The van der Waals surface area contributed by atoms with Crippen LogP contribution in [0, 0.1) is 11.6 Å². The van der Waals surface area contributed by atoms with E-state index in [4.69, 9.17) is 0 Å². The van der Waals surface area contributed by atoms with E-state index in [9.17, 15) is 8.78 Å². The van der Waals surface area contributed by atoms with Crippen LogP contribution in [0.15, 0.2) is 54.6 Å². The minimum Gasteiger partial charge on any atom is -0.354 e. The predicted octanol–water partition coefficient (Wildman–Crippen LogP) is 4.99. The summed E-state index contributed by atoms with van der Waals surface area (Å²) < 4.78 is 27.0. The van der Waals surface area contributed by atoms with Gasteiger partial charge < -0.3 is 10.6 Å². The zero-order valence-electron chi connectivity index (χ0n) is 13.8. The number of aromatic nitrogens is 2. The Bertz CT molecular complexity index is 853. The number of anilines is 3. The first kappa shape index (κ1) is 16.8. The van der Waals surface area contributed by atoms with Crippen molar-refractivity contribution in [3.63, 3.8) is 0 Å². The molecular weight excluding hydrogens is 322 g/mol. The van der Waals surface area contributed by atoms with Crippen molar-refractivity contribution in [2.45, 2.75) is 13.3 Å². The van der Waals surface area contributed by atoms with Gasteiger partial charge in [-0.2, -0.15) is 4.98 Å². The number of rotatable bonds is 6. The van der Waals surface area contributed by atoms with E-state index in [2.05, 4.69) is 20.6 Å². The van der Waals surface area contributed by atoms with E-state index >= 15 is 0 Å². The number of nitrogens with zero attached hydrogens (tertiary/aromatic N) is 2. The molecule has 128 valence electrons. The Hall–Kier alpha value is -3.02. The zero-order chi connectivity index (χ0) is 17.6. The molecule has 0 aliphatic carbocycles. The SMILES string of the molecule is CCCNc1nc(Nc2ccc(F)cc2F)cc(-c2ccccc2)n1. The molecular formula is C19H18F2N4. The molecule has 0 atom stereocenters. The molecule has 1 aromatic heterocycles. The quantitative estimate of drug-likeness (QED) is 0.664. The van der Waals surface area contributed by atoms with Gasteiger partial charge in [-0.1, -0.05) is 37.3 Å². The van der Waals surface area contributed by atoms with Crippen LogP contribution in [0.25, 0.3) is 11.3 Å². The molecule has 0 saturated carbocycles. The summed E-state index contributed by atoms with van der Waals surface area (Å²) in [4.78, 5) is 8.86. The smallest absolute Gasteiger partial charge is 0.225 e. The second-order valence-electron chi connectivity index (χ2n) is 5.50. The van der Waals surface area contributed by atoms with E-state index in [0.717, 1.165) is 24.6 Å². The second kappa shape index (κ2) is 7.70. The maximum Gasteiger partial charge on any atom is 0.225 e. The minimum atomic E-state index is -0.678. The number of hydrogen-bond donors (Lipinski definition) is 2. The van der Waals surface area contributed by atoms with Gasteiger partial charge in [0.25, 0.3) is 0 Å². The largest absolute Gasteiger partial charge is 0.354 e. The monoisotopic (exact) mass is 340 g/mol. The molecule has 25 heavy (non-hydrogen) atoms. The molecule has 4 nitrogen and oxygen atoms in total. The number of benzene rings is 2. The lowest BCUT2D eigenvalue weighted by molar-refractivity contribution is 0.586. The molecule has 0 bridgehead atoms. The van der Waals surface area contributed by atoms with Crippen LogP contribution in [0.5, 0.6) is 0 Å². The third kappa shape index (κ3) is 4.29. The van der Waals surface area contributed by atoms with Gasteiger partial charge in [0.05, 0.1) is 11.4 Å². The summed E-state index contributed by atoms with van der Waals surface area (Å²) in [5.74, 6) is -0.421. The maximum atomic E-state index is 13.9. The number of halogens is 2. The second-order valence-corrected chi connectivity index (χ2v) is 5.50. The Kier molecular flexibility index (Phi) is 5.18. The van der Waals surface area contributed by atoms with Crippen LogP contribution in [0.4, 0.5) is 26.2 Å². The fourth-order valence-electron chi connectivity index (χ4n) is 2.31. The molecule has 0 aliphatic heterocycles. The summed E-state index contributed by atoms with van der Waals surface area (Å²) >= 11 is 0. The van der Waals surface area contributed by atoms with E-state index in [1.165, 1.54) is 12.1 Å². The van der Waals surface area contributed by atoms with Crippen molar-refractivity contribution < 1.29 is 8.78 Å². The summed E-state index contributed by atoms with van der Waals surface area (Å²) in [6.45, 7) is 2.77. The highest BCUT2D eigenvalue weighted by Gasteiger charge is 2.09. The molecule has 0 spiro atoms. The lowest BCUT2D eigenvalue weighted by Gasteiger charge is -2.11. The molecule has 2 aromatic carbocycles. The first-order chi connectivity index (χ1) is 12.2. The van der Waals surface area contributed by atoms with Crippen LogP contribution >= 0.6 is 0 Å². The summed E-state index contributed by atoms with van der Waals surface area (Å²) in [7, 11) is 0. The Balaban J connectivity index is 1.96. The van der Waals surface area contributed by atoms with E-state index < -0.39 is 11.6 Å². The summed E-state index contributed by atoms with van der Waals surface area (Å²) in [5.41, 5.74) is 1.78. The van der Waals surface area contributed by atoms with Gasteiger partial charge in [0.15, 0.2) is 0 Å². The Morgan fingerprint density at radius 2 is 1.76 bits per heavy atom. The van der Waals surface area contributed by atoms with Gasteiger partial charge in [0.2, 0.25) is 5.95 Å². The van der Waals surface area contributed by atoms with Crippen molar-refractivity contribution in [2.24, 2.45) is 0 Å². The maximum absolute atomic E-state index is 13.9. The summed E-state index contributed by atoms with van der Waals surface area (Å²) in [6.07, 6.45) is 0.925. The van der Waals surface area contributed by atoms with Gasteiger partial charge >= 0.3 is 0 Å². The molecule has 0 fully saturated rings. The van der Waals surface area contributed by atoms with Crippen LogP contribution in [0.2, 0.25) is 0 Å². The van der Waals surface area contributed by atoms with Crippen LogP contribution in [-0.4, -0.2) is 16.5 Å². The van der Waals surface area contributed by atoms with Crippen LogP contribution in [0.1, 0.15) is 13.3 Å². The topological polar surface area (TPSA) is 49.8 Å². The van der Waals surface area contributed by atoms with Gasteiger partial charge in [-0.15, -0.1) is 0 Å². The molecule has 0 radical (unpaired) electrons. The van der Waals surface area contributed by atoms with Crippen molar-refractivity contribution in [3.05, 3.63) is 66.2 Å². The third-order valence-corrected chi connectivity index (χ3v) is 3.52. The van der Waals surface area contributed by atoms with Crippen LogP contribution < -0.4 is 10.6 Å². The molecule has 2 N–H and O–H groups in total. The van der Waals surface area contributed by atoms with Crippen molar-refractivity contribution in [2.75, 3.05) is 17.2 Å². The molecule has 0 unspecified atom stereocenters. The van der Waals surface area contributed by atoms with E-state index in [-0.39, 0.29) is 5.69 Å². The van der Waals surface area contributed by atoms with Crippen molar-refractivity contribution in [3.8, 4) is 11.3 Å². The van der Waals surface area contributed by atoms with E-state index in [0.29, 0.717) is 17.5 Å². The minimum absolute atomic E-state index is 0.153. The van der Waals surface area contributed by atoms with Gasteiger partial charge in [-0.25, -0.2) is 13.8 Å². The molecule has 0 amide bonds. The highest BCUT2D eigenvalue weighted by Crippen LogP contribution is 2.25. The van der Waals surface area contributed by atoms with Crippen LogP contribution in [-0.2, 0) is 0 Å². The summed E-state index contributed by atoms with van der Waals surface area (Å²) in [5, 5.41) is 6.03. The normalized spacial score (nSPS) is 10.5. The van der Waals surface area contributed by atoms with Gasteiger partial charge in [-0.3, -0.25) is 0 Å². The van der Waals surface area contributed by atoms with Crippen molar-refractivity contribution in [1.29, 1.82) is 0 Å². The first-order valence-electron chi connectivity index (χ1n) is 8.06. The number of hydrogen-bond acceptors (Lipinski definition) is 4. The Labute approximate surface area is 145 Å². The first-order valence-corrected chi connectivity index (χ1v) is 8.06. The van der Waals surface area contributed by atoms with Crippen LogP contribution in [0.3, 0.4) is 0 Å². The number of nitrogens with one attached hydrogen (secondary N) is 2. The van der Waals surface area contributed by atoms with E-state index in [1.54, 1.807) is 6.07 Å².